The van der Waals surface area contributed by atoms with Crippen molar-refractivity contribution in [3.05, 3.63) is 59.0 Å². The average molecular weight is 323 g/mol. The number of carbonyl (C=O) groups is 2. The van der Waals surface area contributed by atoms with E-state index < -0.39 is 23.8 Å². The summed E-state index contributed by atoms with van der Waals surface area (Å²) in [6.45, 7) is 1.38. The SMILES string of the molecule is C[C@H](OC(=O)c1ccccc1F)C(=O)Nc1ccc(Cl)cn1. The summed E-state index contributed by atoms with van der Waals surface area (Å²) in [5.41, 5.74) is -0.230. The fraction of sp³-hybridized carbons (Fsp3) is 0.133. The first-order valence-corrected chi connectivity index (χ1v) is 6.73. The Balaban J connectivity index is 1.98. The second-order valence-electron chi connectivity index (χ2n) is 4.38. The van der Waals surface area contributed by atoms with Gasteiger partial charge in [0.25, 0.3) is 5.91 Å². The molecule has 0 saturated heterocycles. The van der Waals surface area contributed by atoms with Crippen LogP contribution in [0.2, 0.25) is 5.02 Å². The molecule has 1 amide bonds. The molecule has 0 aliphatic rings. The second kappa shape index (κ2) is 7.00. The fourth-order valence-electron chi connectivity index (χ4n) is 1.58. The number of nitrogens with zero attached hydrogens (tertiary/aromatic N) is 1. The van der Waals surface area contributed by atoms with E-state index in [1.807, 2.05) is 0 Å². The van der Waals surface area contributed by atoms with Crippen molar-refractivity contribution in [3.8, 4) is 0 Å². The summed E-state index contributed by atoms with van der Waals surface area (Å²) in [7, 11) is 0. The van der Waals surface area contributed by atoms with Crippen LogP contribution in [-0.2, 0) is 9.53 Å². The lowest BCUT2D eigenvalue weighted by Crippen LogP contribution is -2.30. The van der Waals surface area contributed by atoms with E-state index in [-0.39, 0.29) is 11.4 Å². The number of nitrogens with one attached hydrogen (secondary N) is 1. The van der Waals surface area contributed by atoms with Crippen LogP contribution in [0.4, 0.5) is 10.2 Å². The number of carbonyl (C=O) groups excluding carboxylic acids is 2. The van der Waals surface area contributed by atoms with Gasteiger partial charge in [-0.1, -0.05) is 23.7 Å². The summed E-state index contributed by atoms with van der Waals surface area (Å²) >= 11 is 5.68. The van der Waals surface area contributed by atoms with Gasteiger partial charge in [-0.15, -0.1) is 0 Å². The van der Waals surface area contributed by atoms with Crippen LogP contribution in [0.15, 0.2) is 42.6 Å². The van der Waals surface area contributed by atoms with Crippen LogP contribution in [0.1, 0.15) is 17.3 Å². The Hall–Kier alpha value is -2.47. The van der Waals surface area contributed by atoms with Gasteiger partial charge in [-0.2, -0.15) is 0 Å². The molecule has 0 aliphatic carbocycles. The highest BCUT2D eigenvalue weighted by Crippen LogP contribution is 2.12. The standard InChI is InChI=1S/C15H12ClFN2O3/c1-9(14(20)19-13-7-6-10(16)8-18-13)22-15(21)11-4-2-3-5-12(11)17/h2-9H,1H3,(H,18,19,20)/t9-/m0/s1. The van der Waals surface area contributed by atoms with Gasteiger partial charge >= 0.3 is 5.97 Å². The van der Waals surface area contributed by atoms with E-state index in [1.54, 1.807) is 6.07 Å². The van der Waals surface area contributed by atoms with Crippen molar-refractivity contribution in [1.82, 2.24) is 4.98 Å². The Kier molecular flexibility index (Phi) is 5.06. The zero-order valence-corrected chi connectivity index (χ0v) is 12.3. The average Bonchev–Trinajstić information content (AvgIpc) is 2.49. The van der Waals surface area contributed by atoms with E-state index in [1.165, 1.54) is 37.4 Å². The second-order valence-corrected chi connectivity index (χ2v) is 4.81. The molecule has 0 saturated carbocycles. The third-order valence-electron chi connectivity index (χ3n) is 2.73. The number of ether oxygens (including phenoxy) is 1. The normalized spacial score (nSPS) is 11.6. The lowest BCUT2D eigenvalue weighted by Gasteiger charge is -2.13. The maximum Gasteiger partial charge on any atom is 0.341 e. The first kappa shape index (κ1) is 15.9. The molecule has 1 atom stereocenters. The summed E-state index contributed by atoms with van der Waals surface area (Å²) in [6, 6.07) is 8.43. The summed E-state index contributed by atoms with van der Waals surface area (Å²) in [5, 5.41) is 2.89. The number of benzene rings is 1. The Morgan fingerprint density at radius 1 is 1.27 bits per heavy atom. The predicted octanol–water partition coefficient (Wildman–Crippen LogP) is 3.06. The molecule has 2 aromatic rings. The van der Waals surface area contributed by atoms with E-state index in [9.17, 15) is 14.0 Å². The smallest absolute Gasteiger partial charge is 0.341 e. The zero-order valence-electron chi connectivity index (χ0n) is 11.5. The summed E-state index contributed by atoms with van der Waals surface area (Å²) in [5.74, 6) is -1.94. The molecule has 0 spiro atoms. The van der Waals surface area contributed by atoms with Gasteiger partial charge in [0.15, 0.2) is 6.10 Å². The van der Waals surface area contributed by atoms with Gasteiger partial charge in [0.1, 0.15) is 11.6 Å². The molecule has 1 N–H and O–H groups in total. The van der Waals surface area contributed by atoms with Crippen LogP contribution in [-0.4, -0.2) is 23.0 Å². The van der Waals surface area contributed by atoms with Gasteiger partial charge in [0.05, 0.1) is 10.6 Å². The minimum Gasteiger partial charge on any atom is -0.449 e. The van der Waals surface area contributed by atoms with E-state index in [4.69, 9.17) is 16.3 Å². The number of pyridine rings is 1. The molecule has 7 heteroatoms. The van der Waals surface area contributed by atoms with Crippen molar-refractivity contribution in [2.75, 3.05) is 5.32 Å². The molecule has 0 unspecified atom stereocenters. The van der Waals surface area contributed by atoms with Crippen LogP contribution in [0.25, 0.3) is 0 Å². The van der Waals surface area contributed by atoms with Crippen molar-refractivity contribution in [3.63, 3.8) is 0 Å². The molecule has 1 aromatic carbocycles. The van der Waals surface area contributed by atoms with Crippen molar-refractivity contribution in [2.24, 2.45) is 0 Å². The quantitative estimate of drug-likeness (QED) is 0.878. The predicted molar refractivity (Wildman–Crippen MR) is 79.2 cm³/mol. The molecule has 0 aliphatic heterocycles. The number of halogens is 2. The van der Waals surface area contributed by atoms with E-state index in [0.717, 1.165) is 6.07 Å². The molecular weight excluding hydrogens is 311 g/mol. The number of amides is 1. The van der Waals surface area contributed by atoms with Gasteiger partial charge in [0.2, 0.25) is 0 Å². The maximum absolute atomic E-state index is 13.5. The van der Waals surface area contributed by atoms with Crippen molar-refractivity contribution >= 4 is 29.3 Å². The third kappa shape index (κ3) is 4.02. The van der Waals surface area contributed by atoms with Gasteiger partial charge < -0.3 is 10.1 Å². The third-order valence-corrected chi connectivity index (χ3v) is 2.95. The van der Waals surface area contributed by atoms with Crippen molar-refractivity contribution in [2.45, 2.75) is 13.0 Å². The molecule has 22 heavy (non-hydrogen) atoms. The van der Waals surface area contributed by atoms with Gasteiger partial charge in [-0.05, 0) is 31.2 Å². The number of rotatable bonds is 4. The van der Waals surface area contributed by atoms with E-state index in [2.05, 4.69) is 10.3 Å². The maximum atomic E-state index is 13.5. The topological polar surface area (TPSA) is 68.3 Å². The molecule has 0 fully saturated rings. The van der Waals surface area contributed by atoms with Gasteiger partial charge in [-0.25, -0.2) is 14.2 Å². The van der Waals surface area contributed by atoms with Gasteiger partial charge in [-0.3, -0.25) is 4.79 Å². The number of esters is 1. The first-order chi connectivity index (χ1) is 10.5. The molecule has 0 bridgehead atoms. The molecule has 5 nitrogen and oxygen atoms in total. The van der Waals surface area contributed by atoms with Crippen LogP contribution in [0.5, 0.6) is 0 Å². The Bertz CT molecular complexity index is 691. The summed E-state index contributed by atoms with van der Waals surface area (Å²) in [6.07, 6.45) is 0.261. The minimum absolute atomic E-state index is 0.230. The number of hydrogen-bond acceptors (Lipinski definition) is 4. The first-order valence-electron chi connectivity index (χ1n) is 6.35. The molecular formula is C15H12ClFN2O3. The van der Waals surface area contributed by atoms with Crippen molar-refractivity contribution in [1.29, 1.82) is 0 Å². The van der Waals surface area contributed by atoms with Crippen LogP contribution in [0, 0.1) is 5.82 Å². The zero-order chi connectivity index (χ0) is 16.1. The van der Waals surface area contributed by atoms with E-state index >= 15 is 0 Å². The highest BCUT2D eigenvalue weighted by Gasteiger charge is 2.21. The van der Waals surface area contributed by atoms with Crippen LogP contribution >= 0.6 is 11.6 Å². The number of hydrogen-bond donors (Lipinski definition) is 1. The fourth-order valence-corrected chi connectivity index (χ4v) is 1.69. The highest BCUT2D eigenvalue weighted by atomic mass is 35.5. The minimum atomic E-state index is -1.11. The monoisotopic (exact) mass is 322 g/mol. The lowest BCUT2D eigenvalue weighted by molar-refractivity contribution is -0.123. The molecule has 1 aromatic heterocycles. The highest BCUT2D eigenvalue weighted by molar-refractivity contribution is 6.30. The van der Waals surface area contributed by atoms with Crippen LogP contribution in [0.3, 0.4) is 0 Å². The lowest BCUT2D eigenvalue weighted by atomic mass is 10.2. The largest absolute Gasteiger partial charge is 0.449 e. The van der Waals surface area contributed by atoms with E-state index in [0.29, 0.717) is 5.02 Å². The molecule has 1 heterocycles. The Labute approximate surface area is 131 Å². The van der Waals surface area contributed by atoms with Gasteiger partial charge in [0, 0.05) is 6.20 Å². The number of aromatic nitrogens is 1. The Morgan fingerprint density at radius 3 is 2.64 bits per heavy atom. The number of anilines is 1. The summed E-state index contributed by atoms with van der Waals surface area (Å²) < 4.78 is 18.4. The molecule has 0 radical (unpaired) electrons. The Morgan fingerprint density at radius 2 is 2.00 bits per heavy atom. The van der Waals surface area contributed by atoms with Crippen molar-refractivity contribution < 1.29 is 18.7 Å². The molecule has 114 valence electrons. The molecule has 2 rings (SSSR count). The summed E-state index contributed by atoms with van der Waals surface area (Å²) in [4.78, 5) is 27.6. The van der Waals surface area contributed by atoms with Crippen LogP contribution < -0.4 is 5.32 Å².